The molecule has 2 aromatic carbocycles. The summed E-state index contributed by atoms with van der Waals surface area (Å²) < 4.78 is 19.3. The second-order valence-electron chi connectivity index (χ2n) is 7.67. The molecule has 6 nitrogen and oxygen atoms in total. The minimum Gasteiger partial charge on any atom is -0.459 e. The lowest BCUT2D eigenvalue weighted by Gasteiger charge is -2.19. The molecule has 1 aliphatic rings. The van der Waals surface area contributed by atoms with Gasteiger partial charge in [-0.15, -0.1) is 0 Å². The van der Waals surface area contributed by atoms with E-state index in [1.807, 2.05) is 36.4 Å². The molecule has 31 heavy (non-hydrogen) atoms. The van der Waals surface area contributed by atoms with Crippen LogP contribution in [-0.2, 0) is 12.0 Å². The summed E-state index contributed by atoms with van der Waals surface area (Å²) in [5.74, 6) is 0.457. The summed E-state index contributed by atoms with van der Waals surface area (Å²) in [5.41, 5.74) is 2.26. The Labute approximate surface area is 180 Å². The molecule has 0 atom stereocenters. The zero-order valence-electron chi connectivity index (χ0n) is 17.3. The van der Waals surface area contributed by atoms with Crippen molar-refractivity contribution in [2.24, 2.45) is 4.99 Å². The summed E-state index contributed by atoms with van der Waals surface area (Å²) >= 11 is 0. The maximum atomic E-state index is 14.2. The first kappa shape index (κ1) is 20.7. The maximum Gasteiger partial charge on any atom is 0.291 e. The molecular formula is C24H25FN4O2. The van der Waals surface area contributed by atoms with E-state index >= 15 is 0 Å². The van der Waals surface area contributed by atoms with Gasteiger partial charge in [0.2, 0.25) is 0 Å². The van der Waals surface area contributed by atoms with Crippen molar-refractivity contribution < 1.29 is 13.6 Å². The van der Waals surface area contributed by atoms with Crippen molar-refractivity contribution in [3.05, 3.63) is 89.6 Å². The Morgan fingerprint density at radius 1 is 1.10 bits per heavy atom. The number of benzene rings is 2. The van der Waals surface area contributed by atoms with Crippen LogP contribution in [0.15, 0.2) is 76.3 Å². The van der Waals surface area contributed by atoms with E-state index in [4.69, 9.17) is 4.42 Å². The Balaban J connectivity index is 1.32. The smallest absolute Gasteiger partial charge is 0.291 e. The first-order valence-corrected chi connectivity index (χ1v) is 10.2. The number of rotatable bonds is 7. The highest BCUT2D eigenvalue weighted by molar-refractivity contribution is 6.02. The number of carbonyl (C=O) groups is 1. The van der Waals surface area contributed by atoms with Crippen LogP contribution in [0.2, 0.25) is 0 Å². The van der Waals surface area contributed by atoms with E-state index in [0.717, 1.165) is 24.0 Å². The van der Waals surface area contributed by atoms with Crippen LogP contribution < -0.4 is 16.0 Å². The van der Waals surface area contributed by atoms with Crippen LogP contribution in [0.25, 0.3) is 0 Å². The predicted molar refractivity (Wildman–Crippen MR) is 119 cm³/mol. The summed E-state index contributed by atoms with van der Waals surface area (Å²) in [6.07, 6.45) is 3.37. The Morgan fingerprint density at radius 3 is 2.65 bits per heavy atom. The molecule has 1 aromatic heterocycles. The Bertz CT molecular complexity index is 1070. The number of nitrogens with one attached hydrogen (secondary N) is 3. The van der Waals surface area contributed by atoms with Crippen molar-refractivity contribution in [1.82, 2.24) is 10.6 Å². The fraction of sp³-hybridized carbons (Fsp3) is 0.250. The largest absolute Gasteiger partial charge is 0.459 e. The Morgan fingerprint density at radius 2 is 1.94 bits per heavy atom. The molecule has 3 aromatic rings. The SMILES string of the molecule is CN=C(NCc1cccc(NC(=O)c2ccco2)c1)NCC1(c2ccccc2F)CC1. The van der Waals surface area contributed by atoms with Gasteiger partial charge in [-0.05, 0) is 54.3 Å². The molecule has 4 rings (SSSR count). The summed E-state index contributed by atoms with van der Waals surface area (Å²) in [7, 11) is 1.71. The normalized spacial score (nSPS) is 14.7. The number of furan rings is 1. The molecule has 1 saturated carbocycles. The van der Waals surface area contributed by atoms with E-state index in [1.165, 1.54) is 12.3 Å². The van der Waals surface area contributed by atoms with Crippen LogP contribution in [0.3, 0.4) is 0 Å². The predicted octanol–water partition coefficient (Wildman–Crippen LogP) is 4.07. The lowest BCUT2D eigenvalue weighted by molar-refractivity contribution is 0.0996. The number of hydrogen-bond acceptors (Lipinski definition) is 3. The summed E-state index contributed by atoms with van der Waals surface area (Å²) in [5, 5.41) is 9.42. The molecule has 1 amide bonds. The lowest BCUT2D eigenvalue weighted by atomic mass is 9.95. The number of anilines is 1. The minimum absolute atomic E-state index is 0.154. The third-order valence-electron chi connectivity index (χ3n) is 5.51. The Kier molecular flexibility index (Phi) is 6.02. The van der Waals surface area contributed by atoms with E-state index in [9.17, 15) is 9.18 Å². The number of carbonyl (C=O) groups excluding carboxylic acids is 1. The van der Waals surface area contributed by atoms with Gasteiger partial charge in [0, 0.05) is 31.2 Å². The van der Waals surface area contributed by atoms with Crippen molar-refractivity contribution in [1.29, 1.82) is 0 Å². The first-order chi connectivity index (χ1) is 15.1. The van der Waals surface area contributed by atoms with E-state index in [0.29, 0.717) is 24.7 Å². The maximum absolute atomic E-state index is 14.2. The zero-order valence-corrected chi connectivity index (χ0v) is 17.3. The van der Waals surface area contributed by atoms with E-state index in [-0.39, 0.29) is 22.9 Å². The molecule has 0 spiro atoms. The lowest BCUT2D eigenvalue weighted by Crippen LogP contribution is -2.41. The Hall–Kier alpha value is -3.61. The number of guanidine groups is 1. The summed E-state index contributed by atoms with van der Waals surface area (Å²) in [4.78, 5) is 16.4. The molecule has 0 bridgehead atoms. The van der Waals surface area contributed by atoms with Crippen molar-refractivity contribution in [2.45, 2.75) is 24.8 Å². The minimum atomic E-state index is -0.296. The molecule has 1 heterocycles. The molecule has 0 radical (unpaired) electrons. The molecule has 1 fully saturated rings. The first-order valence-electron chi connectivity index (χ1n) is 10.2. The van der Waals surface area contributed by atoms with Crippen LogP contribution in [0.1, 0.15) is 34.5 Å². The highest BCUT2D eigenvalue weighted by Crippen LogP contribution is 2.48. The molecule has 3 N–H and O–H groups in total. The highest BCUT2D eigenvalue weighted by Gasteiger charge is 2.45. The second-order valence-corrected chi connectivity index (χ2v) is 7.67. The molecule has 1 aliphatic carbocycles. The van der Waals surface area contributed by atoms with Gasteiger partial charge in [0.15, 0.2) is 11.7 Å². The van der Waals surface area contributed by atoms with Crippen LogP contribution in [0, 0.1) is 5.82 Å². The van der Waals surface area contributed by atoms with Crippen LogP contribution in [0.5, 0.6) is 0 Å². The quantitative estimate of drug-likeness (QED) is 0.398. The monoisotopic (exact) mass is 420 g/mol. The number of hydrogen-bond donors (Lipinski definition) is 3. The van der Waals surface area contributed by atoms with Crippen molar-refractivity contribution in [3.63, 3.8) is 0 Å². The third kappa shape index (κ3) is 4.94. The van der Waals surface area contributed by atoms with Gasteiger partial charge in [-0.2, -0.15) is 0 Å². The van der Waals surface area contributed by atoms with Gasteiger partial charge >= 0.3 is 0 Å². The van der Waals surface area contributed by atoms with Crippen LogP contribution in [-0.4, -0.2) is 25.5 Å². The van der Waals surface area contributed by atoms with E-state index in [2.05, 4.69) is 20.9 Å². The van der Waals surface area contributed by atoms with Gasteiger partial charge in [-0.3, -0.25) is 9.79 Å². The van der Waals surface area contributed by atoms with Crippen LogP contribution in [0.4, 0.5) is 10.1 Å². The summed E-state index contributed by atoms with van der Waals surface area (Å²) in [6.45, 7) is 1.14. The van der Waals surface area contributed by atoms with Gasteiger partial charge in [0.05, 0.1) is 6.26 Å². The number of halogens is 1. The number of nitrogens with zero attached hydrogens (tertiary/aromatic N) is 1. The van der Waals surface area contributed by atoms with Gasteiger partial charge in [0.1, 0.15) is 5.82 Å². The molecular weight excluding hydrogens is 395 g/mol. The van der Waals surface area contributed by atoms with Crippen molar-refractivity contribution >= 4 is 17.6 Å². The van der Waals surface area contributed by atoms with Gasteiger partial charge in [0.25, 0.3) is 5.91 Å². The summed E-state index contributed by atoms with van der Waals surface area (Å²) in [6, 6.07) is 17.8. The average Bonchev–Trinajstić information content (AvgIpc) is 3.35. The van der Waals surface area contributed by atoms with E-state index in [1.54, 1.807) is 25.2 Å². The topological polar surface area (TPSA) is 78.7 Å². The standard InChI is InChI=1S/C24H25FN4O2/c1-26-23(28-16-24(11-12-24)19-8-2-3-9-20(19)25)27-15-17-6-4-7-18(14-17)29-22(30)21-10-5-13-31-21/h2-10,13-14H,11-12,15-16H2,1H3,(H,29,30)(H2,26,27,28). The molecule has 0 unspecified atom stereocenters. The van der Waals surface area contributed by atoms with Gasteiger partial charge in [-0.25, -0.2) is 4.39 Å². The fourth-order valence-electron chi connectivity index (χ4n) is 3.60. The second kappa shape index (κ2) is 9.04. The van der Waals surface area contributed by atoms with Crippen molar-refractivity contribution in [3.8, 4) is 0 Å². The average molecular weight is 420 g/mol. The zero-order chi connectivity index (χ0) is 21.7. The van der Waals surface area contributed by atoms with E-state index < -0.39 is 0 Å². The number of amides is 1. The fourth-order valence-corrected chi connectivity index (χ4v) is 3.60. The third-order valence-corrected chi connectivity index (χ3v) is 5.51. The number of aliphatic imine (C=N–C) groups is 1. The molecule has 160 valence electrons. The van der Waals surface area contributed by atoms with Crippen LogP contribution >= 0.6 is 0 Å². The molecule has 0 saturated heterocycles. The molecule has 7 heteroatoms. The van der Waals surface area contributed by atoms with Gasteiger partial charge < -0.3 is 20.4 Å². The van der Waals surface area contributed by atoms with Gasteiger partial charge in [-0.1, -0.05) is 30.3 Å². The van der Waals surface area contributed by atoms with Crippen molar-refractivity contribution in [2.75, 3.05) is 18.9 Å². The highest BCUT2D eigenvalue weighted by atomic mass is 19.1. The molecule has 0 aliphatic heterocycles.